The molecule has 0 aliphatic rings. The average molecular weight is 451 g/mol. The summed E-state index contributed by atoms with van der Waals surface area (Å²) >= 11 is 5.62. The molecule has 0 bridgehead atoms. The second-order valence-corrected chi connectivity index (χ2v) is 7.72. The lowest BCUT2D eigenvalue weighted by molar-refractivity contribution is -0.137. The fourth-order valence-corrected chi connectivity index (χ4v) is 3.64. The van der Waals surface area contributed by atoms with Crippen LogP contribution >= 0.6 is 19.6 Å². The second kappa shape index (κ2) is 10.7. The van der Waals surface area contributed by atoms with Crippen LogP contribution in [0.25, 0.3) is 0 Å². The van der Waals surface area contributed by atoms with Crippen LogP contribution in [0, 0.1) is 0 Å². The molecule has 2 aromatic rings. The minimum atomic E-state index is -4.62. The van der Waals surface area contributed by atoms with E-state index in [4.69, 9.17) is 20.9 Å². The first-order chi connectivity index (χ1) is 13.7. The van der Waals surface area contributed by atoms with Gasteiger partial charge in [-0.1, -0.05) is 17.7 Å². The van der Waals surface area contributed by atoms with Crippen molar-refractivity contribution < 1.29 is 27.0 Å². The zero-order valence-electron chi connectivity index (χ0n) is 15.9. The van der Waals surface area contributed by atoms with Gasteiger partial charge in [-0.25, -0.2) is 9.97 Å². The predicted octanol–water partition coefficient (Wildman–Crippen LogP) is 6.00. The normalized spacial score (nSPS) is 12.0. The van der Waals surface area contributed by atoms with Crippen molar-refractivity contribution in [2.45, 2.75) is 32.4 Å². The molecule has 6 nitrogen and oxygen atoms in total. The van der Waals surface area contributed by atoms with Crippen molar-refractivity contribution >= 4 is 31.3 Å². The quantitative estimate of drug-likeness (QED) is 0.272. The minimum Gasteiger partial charge on any atom is -0.495 e. The molecule has 1 aromatic heterocycles. The Morgan fingerprint density at radius 3 is 2.66 bits per heavy atom. The number of anilines is 2. The van der Waals surface area contributed by atoms with Gasteiger partial charge in [0.15, 0.2) is 6.16 Å². The SMILES string of the molecule is CCO[P+](=O)CCCCc1ccc(Nc2ncc(C(F)(F)F)c(Cl)n2)c(OC)c1. The van der Waals surface area contributed by atoms with Gasteiger partial charge in [-0.05, 0) is 48.4 Å². The third-order valence-corrected chi connectivity index (χ3v) is 5.40. The van der Waals surface area contributed by atoms with Crippen molar-refractivity contribution in [1.82, 2.24) is 9.97 Å². The van der Waals surface area contributed by atoms with Crippen molar-refractivity contribution in [1.29, 1.82) is 0 Å². The van der Waals surface area contributed by atoms with E-state index in [0.29, 0.717) is 30.4 Å². The van der Waals surface area contributed by atoms with Gasteiger partial charge in [-0.15, -0.1) is 4.52 Å². The number of unbranched alkanes of at least 4 members (excludes halogenated alkanes) is 1. The topological polar surface area (TPSA) is 73.3 Å². The molecule has 0 aliphatic heterocycles. The molecule has 1 heterocycles. The van der Waals surface area contributed by atoms with Gasteiger partial charge in [0.1, 0.15) is 16.5 Å². The second-order valence-electron chi connectivity index (χ2n) is 5.99. The molecular formula is C18H21ClF3N3O3P+. The van der Waals surface area contributed by atoms with Crippen LogP contribution in [0.4, 0.5) is 24.8 Å². The number of ether oxygens (including phenoxy) is 1. The first kappa shape index (κ1) is 23.3. The molecule has 1 N–H and O–H groups in total. The Bertz CT molecular complexity index is 853. The molecule has 2 rings (SSSR count). The molecule has 0 saturated carbocycles. The highest BCUT2D eigenvalue weighted by atomic mass is 35.5. The van der Waals surface area contributed by atoms with Gasteiger partial charge < -0.3 is 10.1 Å². The van der Waals surface area contributed by atoms with Crippen molar-refractivity contribution in [3.63, 3.8) is 0 Å². The van der Waals surface area contributed by atoms with E-state index in [9.17, 15) is 17.7 Å². The Hall–Kier alpha value is -1.96. The van der Waals surface area contributed by atoms with E-state index in [-0.39, 0.29) is 5.95 Å². The lowest BCUT2D eigenvalue weighted by Gasteiger charge is -2.13. The van der Waals surface area contributed by atoms with Crippen LogP contribution in [0.5, 0.6) is 5.75 Å². The Morgan fingerprint density at radius 2 is 2.03 bits per heavy atom. The predicted molar refractivity (Wildman–Crippen MR) is 105 cm³/mol. The van der Waals surface area contributed by atoms with Crippen LogP contribution in [0.2, 0.25) is 5.15 Å². The number of nitrogens with one attached hydrogen (secondary N) is 1. The Morgan fingerprint density at radius 1 is 1.28 bits per heavy atom. The Balaban J connectivity index is 2.02. The zero-order valence-corrected chi connectivity index (χ0v) is 17.6. The highest BCUT2D eigenvalue weighted by Gasteiger charge is 2.34. The van der Waals surface area contributed by atoms with Crippen LogP contribution in [0.15, 0.2) is 24.4 Å². The third-order valence-electron chi connectivity index (χ3n) is 3.89. The molecule has 0 spiro atoms. The van der Waals surface area contributed by atoms with Crippen LogP contribution in [-0.4, -0.2) is 29.8 Å². The molecule has 0 aliphatic carbocycles. The molecular weight excluding hydrogens is 430 g/mol. The van der Waals surface area contributed by atoms with E-state index in [1.807, 2.05) is 12.1 Å². The van der Waals surface area contributed by atoms with Crippen molar-refractivity contribution in [3.8, 4) is 5.75 Å². The minimum absolute atomic E-state index is 0.0752. The highest BCUT2D eigenvalue weighted by Crippen LogP contribution is 2.34. The van der Waals surface area contributed by atoms with Gasteiger partial charge in [0.05, 0.1) is 19.4 Å². The van der Waals surface area contributed by atoms with E-state index in [2.05, 4.69) is 15.3 Å². The van der Waals surface area contributed by atoms with E-state index in [1.165, 1.54) is 7.11 Å². The molecule has 1 unspecified atom stereocenters. The third kappa shape index (κ3) is 7.10. The maximum atomic E-state index is 12.8. The summed E-state index contributed by atoms with van der Waals surface area (Å²) in [5, 5.41) is 2.13. The smallest absolute Gasteiger partial charge is 0.495 e. The number of hydrogen-bond acceptors (Lipinski definition) is 6. The number of methoxy groups -OCH3 is 1. The van der Waals surface area contributed by atoms with Gasteiger partial charge in [0.25, 0.3) is 0 Å². The standard InChI is InChI=1S/C18H21ClF3N3O3P/c1-3-28-29(26)9-5-4-6-12-7-8-14(15(10-12)27-2)24-17-23-11-13(16(19)25-17)18(20,21)22/h7-8,10-11H,3-6,9H2,1-2H3,(H,23,24,25)/q+1. The van der Waals surface area contributed by atoms with Crippen LogP contribution < -0.4 is 10.1 Å². The maximum absolute atomic E-state index is 12.8. The summed E-state index contributed by atoms with van der Waals surface area (Å²) in [5.74, 6) is 0.413. The number of aromatic nitrogens is 2. The van der Waals surface area contributed by atoms with Gasteiger partial charge in [-0.2, -0.15) is 13.2 Å². The molecule has 0 radical (unpaired) electrons. The summed E-state index contributed by atoms with van der Waals surface area (Å²) in [6, 6.07) is 5.40. The van der Waals surface area contributed by atoms with Crippen LogP contribution in [0.1, 0.15) is 30.9 Å². The number of aryl methyl sites for hydroxylation is 1. The van der Waals surface area contributed by atoms with E-state index in [1.54, 1.807) is 13.0 Å². The van der Waals surface area contributed by atoms with Gasteiger partial charge in [-0.3, -0.25) is 0 Å². The van der Waals surface area contributed by atoms with Crippen molar-refractivity contribution in [3.05, 3.63) is 40.7 Å². The average Bonchev–Trinajstić information content (AvgIpc) is 2.65. The summed E-state index contributed by atoms with van der Waals surface area (Å²) in [7, 11) is -0.113. The summed E-state index contributed by atoms with van der Waals surface area (Å²) < 4.78 is 60.1. The van der Waals surface area contributed by atoms with E-state index >= 15 is 0 Å². The molecule has 158 valence electrons. The lowest BCUT2D eigenvalue weighted by Crippen LogP contribution is -2.09. The lowest BCUT2D eigenvalue weighted by atomic mass is 10.1. The number of nitrogens with zero attached hydrogens (tertiary/aromatic N) is 2. The molecule has 0 saturated heterocycles. The molecule has 1 aromatic carbocycles. The highest BCUT2D eigenvalue weighted by molar-refractivity contribution is 7.39. The maximum Gasteiger partial charge on any atom is 0.508 e. The molecule has 1 atom stereocenters. The Labute approximate surface area is 172 Å². The van der Waals surface area contributed by atoms with Crippen molar-refractivity contribution in [2.75, 3.05) is 25.2 Å². The number of rotatable bonds is 10. The van der Waals surface area contributed by atoms with E-state index in [0.717, 1.165) is 24.8 Å². The van der Waals surface area contributed by atoms with Gasteiger partial charge in [0, 0.05) is 6.20 Å². The molecule has 29 heavy (non-hydrogen) atoms. The fraction of sp³-hybridized carbons (Fsp3) is 0.444. The van der Waals surface area contributed by atoms with E-state index < -0.39 is 24.9 Å². The summed E-state index contributed by atoms with van der Waals surface area (Å²) in [5.41, 5.74) is 0.398. The largest absolute Gasteiger partial charge is 0.508 e. The monoisotopic (exact) mass is 450 g/mol. The Kier molecular flexibility index (Phi) is 8.61. The molecule has 0 fully saturated rings. The number of benzene rings is 1. The number of hydrogen-bond donors (Lipinski definition) is 1. The first-order valence-corrected chi connectivity index (χ1v) is 10.6. The summed E-state index contributed by atoms with van der Waals surface area (Å²) in [6.07, 6.45) is -1.10. The summed E-state index contributed by atoms with van der Waals surface area (Å²) in [4.78, 5) is 7.32. The fourth-order valence-electron chi connectivity index (χ4n) is 2.50. The van der Waals surface area contributed by atoms with Crippen LogP contribution in [-0.2, 0) is 21.7 Å². The molecule has 0 amide bonds. The first-order valence-electron chi connectivity index (χ1n) is 8.85. The van der Waals surface area contributed by atoms with Gasteiger partial charge in [0.2, 0.25) is 5.95 Å². The zero-order chi connectivity index (χ0) is 21.4. The number of halogens is 4. The molecule has 11 heteroatoms. The number of alkyl halides is 3. The van der Waals surface area contributed by atoms with Crippen molar-refractivity contribution in [2.24, 2.45) is 0 Å². The van der Waals surface area contributed by atoms with Gasteiger partial charge >= 0.3 is 14.2 Å². The summed E-state index contributed by atoms with van der Waals surface area (Å²) in [6.45, 7) is 2.24. The van der Waals surface area contributed by atoms with Crippen LogP contribution in [0.3, 0.4) is 0 Å².